The number of benzene rings is 4. The molecule has 12 heteroatoms. The summed E-state index contributed by atoms with van der Waals surface area (Å²) >= 11 is 0. The molecule has 3 heterocycles. The van der Waals surface area contributed by atoms with Crippen molar-refractivity contribution >= 4 is 49.7 Å². The minimum absolute atomic E-state index is 0.134. The number of para-hydroxylation sites is 1. The molecule has 54 heavy (non-hydrogen) atoms. The predicted octanol–water partition coefficient (Wildman–Crippen LogP) is 5.95. The van der Waals surface area contributed by atoms with E-state index < -0.39 is 5.44 Å². The third-order valence-electron chi connectivity index (χ3n) is 10.6. The molecule has 2 amide bonds. The summed E-state index contributed by atoms with van der Waals surface area (Å²) in [5, 5.41) is 0. The molecule has 2 radical (unpaired) electrons. The van der Waals surface area contributed by atoms with E-state index in [1.807, 2.05) is 53.2 Å². The van der Waals surface area contributed by atoms with Crippen molar-refractivity contribution in [2.45, 2.75) is 50.1 Å². The van der Waals surface area contributed by atoms with Crippen molar-refractivity contribution in [3.63, 3.8) is 0 Å². The number of carbonyl (C=O) groups excluding carboxylic acids is 3. The minimum Gasteiger partial charge on any atom is -0.493 e. The summed E-state index contributed by atoms with van der Waals surface area (Å²) in [5.74, 6) is 1.68. The molecule has 0 saturated heterocycles. The number of hydrogen-bond donors (Lipinski definition) is 0. The van der Waals surface area contributed by atoms with Crippen LogP contribution in [0.5, 0.6) is 23.0 Å². The van der Waals surface area contributed by atoms with E-state index in [0.29, 0.717) is 84.6 Å². The number of rotatable bonds is 14. The van der Waals surface area contributed by atoms with Gasteiger partial charge in [0.05, 0.1) is 50.4 Å². The Kier molecular flexibility index (Phi) is 10.6. The fraction of sp³-hybridized carbons (Fsp3) is 0.333. The fourth-order valence-corrected chi connectivity index (χ4v) is 7.54. The quantitative estimate of drug-likeness (QED) is 0.0680. The molecule has 4 aromatic carbocycles. The van der Waals surface area contributed by atoms with Gasteiger partial charge in [0.1, 0.15) is 7.85 Å². The van der Waals surface area contributed by atoms with Crippen LogP contribution in [-0.4, -0.2) is 90.1 Å². The monoisotopic (exact) mass is 726 g/mol. The Bertz CT molecular complexity index is 2090. The summed E-state index contributed by atoms with van der Waals surface area (Å²) in [6.07, 6.45) is 6.72. The van der Waals surface area contributed by atoms with E-state index >= 15 is 0 Å². The smallest absolute Gasteiger partial charge is 0.256 e. The Balaban J connectivity index is 0.958. The number of nitrogens with zero attached hydrogens (tertiary/aromatic N) is 4. The van der Waals surface area contributed by atoms with Crippen molar-refractivity contribution in [1.82, 2.24) is 4.90 Å². The van der Waals surface area contributed by atoms with Crippen molar-refractivity contribution in [1.29, 1.82) is 0 Å². The van der Waals surface area contributed by atoms with Crippen molar-refractivity contribution in [3.8, 4) is 23.0 Å². The maximum Gasteiger partial charge on any atom is 0.256 e. The van der Waals surface area contributed by atoms with Gasteiger partial charge in [-0.2, -0.15) is 0 Å². The van der Waals surface area contributed by atoms with Gasteiger partial charge in [-0.3, -0.25) is 19.4 Å². The molecule has 0 saturated carbocycles. The Hall–Kier alpha value is -5.78. The normalized spacial score (nSPS) is 18.7. The lowest BCUT2D eigenvalue weighted by Gasteiger charge is -2.36. The molecule has 7 rings (SSSR count). The number of anilines is 2. The number of amides is 2. The molecule has 3 aliphatic rings. The number of unbranched alkanes of at least 4 members (excludes halogenated alkanes) is 2. The van der Waals surface area contributed by atoms with E-state index in [2.05, 4.69) is 17.1 Å². The SMILES string of the molecule is [B]C1(C=Nc2cc(OCCCCCOc3cc4c(cc3OC)C(=O)N3Cc5ccccc5CC3CN4C=O)c(OC)cc2C=O)Cc2ccccc2N1C. The van der Waals surface area contributed by atoms with Crippen molar-refractivity contribution in [2.24, 2.45) is 4.99 Å². The van der Waals surface area contributed by atoms with E-state index in [-0.39, 0.29) is 11.9 Å². The fourth-order valence-electron chi connectivity index (χ4n) is 7.54. The zero-order valence-corrected chi connectivity index (χ0v) is 30.8. The molecule has 11 nitrogen and oxygen atoms in total. The molecule has 4 aromatic rings. The highest BCUT2D eigenvalue weighted by Crippen LogP contribution is 2.40. The van der Waals surface area contributed by atoms with Crippen LogP contribution in [0.25, 0.3) is 0 Å². The Morgan fingerprint density at radius 3 is 2.19 bits per heavy atom. The number of hydrogen-bond acceptors (Lipinski definition) is 9. The molecular weight excluding hydrogens is 683 g/mol. The van der Waals surface area contributed by atoms with Gasteiger partial charge in [-0.25, -0.2) is 0 Å². The summed E-state index contributed by atoms with van der Waals surface area (Å²) in [5.41, 5.74) is 5.38. The number of carbonyl (C=O) groups is 3. The number of aliphatic imine (C=N–C) groups is 1. The van der Waals surface area contributed by atoms with Crippen LogP contribution >= 0.6 is 0 Å². The first kappa shape index (κ1) is 36.6. The number of ether oxygens (including phenoxy) is 4. The third kappa shape index (κ3) is 7.12. The summed E-state index contributed by atoms with van der Waals surface area (Å²) in [4.78, 5) is 48.3. The van der Waals surface area contributed by atoms with Crippen molar-refractivity contribution < 1.29 is 33.3 Å². The van der Waals surface area contributed by atoms with Gasteiger partial charge in [-0.15, -0.1) is 0 Å². The van der Waals surface area contributed by atoms with Crippen molar-refractivity contribution in [2.75, 3.05) is 50.8 Å². The zero-order valence-electron chi connectivity index (χ0n) is 30.8. The van der Waals surface area contributed by atoms with Gasteiger partial charge in [0.25, 0.3) is 5.91 Å². The van der Waals surface area contributed by atoms with Crippen LogP contribution in [0.3, 0.4) is 0 Å². The molecular formula is C42H43BN4O7. The van der Waals surface area contributed by atoms with Crippen LogP contribution in [0, 0.1) is 0 Å². The van der Waals surface area contributed by atoms with Gasteiger partial charge in [-0.05, 0) is 67.0 Å². The molecule has 0 aliphatic carbocycles. The topological polar surface area (TPSA) is 110 Å². The lowest BCUT2D eigenvalue weighted by Crippen LogP contribution is -2.47. The van der Waals surface area contributed by atoms with Gasteiger partial charge >= 0.3 is 0 Å². The second kappa shape index (κ2) is 15.7. The van der Waals surface area contributed by atoms with Crippen LogP contribution in [0.2, 0.25) is 0 Å². The van der Waals surface area contributed by atoms with Crippen LogP contribution in [0.15, 0.2) is 77.8 Å². The van der Waals surface area contributed by atoms with Crippen LogP contribution in [-0.2, 0) is 24.2 Å². The van der Waals surface area contributed by atoms with Gasteiger partial charge in [0.2, 0.25) is 6.41 Å². The maximum atomic E-state index is 13.9. The lowest BCUT2D eigenvalue weighted by molar-refractivity contribution is -0.107. The summed E-state index contributed by atoms with van der Waals surface area (Å²) in [6.45, 7) is 1.67. The number of fused-ring (bicyclic) bond motifs is 4. The Labute approximate surface area is 316 Å². The van der Waals surface area contributed by atoms with Crippen molar-refractivity contribution in [3.05, 3.63) is 101 Å². The molecule has 0 N–H and O–H groups in total. The van der Waals surface area contributed by atoms with Gasteiger partial charge < -0.3 is 33.6 Å². The predicted molar refractivity (Wildman–Crippen MR) is 209 cm³/mol. The lowest BCUT2D eigenvalue weighted by atomic mass is 9.76. The van der Waals surface area contributed by atoms with Gasteiger partial charge in [0.15, 0.2) is 29.3 Å². The van der Waals surface area contributed by atoms with E-state index in [0.717, 1.165) is 48.8 Å². The molecule has 0 aromatic heterocycles. The Morgan fingerprint density at radius 1 is 0.833 bits per heavy atom. The van der Waals surface area contributed by atoms with Gasteiger partial charge in [0, 0.05) is 55.2 Å². The second-order valence-electron chi connectivity index (χ2n) is 13.9. The summed E-state index contributed by atoms with van der Waals surface area (Å²) in [7, 11) is 11.8. The molecule has 0 bridgehead atoms. The van der Waals surface area contributed by atoms with E-state index in [1.165, 1.54) is 19.8 Å². The highest BCUT2D eigenvalue weighted by Gasteiger charge is 2.38. The molecule has 0 spiro atoms. The first-order chi connectivity index (χ1) is 26.3. The van der Waals surface area contributed by atoms with Crippen LogP contribution in [0.4, 0.5) is 17.1 Å². The van der Waals surface area contributed by atoms with Gasteiger partial charge in [-0.1, -0.05) is 42.5 Å². The molecule has 0 fully saturated rings. The van der Waals surface area contributed by atoms with Crippen LogP contribution < -0.4 is 28.7 Å². The highest BCUT2D eigenvalue weighted by atomic mass is 16.5. The highest BCUT2D eigenvalue weighted by molar-refractivity contribution is 6.28. The molecule has 2 unspecified atom stereocenters. The largest absolute Gasteiger partial charge is 0.493 e. The average Bonchev–Trinajstić information content (AvgIpc) is 3.40. The third-order valence-corrected chi connectivity index (χ3v) is 10.6. The second-order valence-corrected chi connectivity index (χ2v) is 13.9. The summed E-state index contributed by atoms with van der Waals surface area (Å²) < 4.78 is 23.5. The minimum atomic E-state index is -0.843. The number of aldehydes is 1. The number of likely N-dealkylation sites (N-methyl/N-ethyl adjacent to an activating group) is 1. The Morgan fingerprint density at radius 2 is 1.50 bits per heavy atom. The molecule has 3 aliphatic heterocycles. The van der Waals surface area contributed by atoms with E-state index in [9.17, 15) is 14.4 Å². The summed E-state index contributed by atoms with van der Waals surface area (Å²) in [6, 6.07) is 22.8. The molecule has 276 valence electrons. The zero-order chi connectivity index (χ0) is 37.8. The van der Waals surface area contributed by atoms with E-state index in [1.54, 1.807) is 35.4 Å². The standard InChI is InChI=1S/C42H43BN4O7/c1-45-35-14-8-7-12-29(35)22-42(45,43)26-44-34-20-39(37(51-2)18-31(34)25-48)53-15-9-4-10-16-54-40-21-36-33(19-38(40)52-3)41(50)47-23-30-13-6-5-11-28(30)17-32(47)24-46(36)27-49/h5-8,11-14,18-21,25-27,32H,4,9-10,15-17,22-24H2,1-3H3. The maximum absolute atomic E-state index is 13.9. The van der Waals surface area contributed by atoms with E-state index in [4.69, 9.17) is 26.8 Å². The first-order valence-corrected chi connectivity index (χ1v) is 18.2. The average molecular weight is 727 g/mol. The first-order valence-electron chi connectivity index (χ1n) is 18.2. The number of methoxy groups -OCH3 is 2. The van der Waals surface area contributed by atoms with Crippen LogP contribution in [0.1, 0.15) is 56.7 Å². The molecule has 2 atom stereocenters.